The first kappa shape index (κ1) is 20.2. The van der Waals surface area contributed by atoms with Crippen molar-refractivity contribution in [3.05, 3.63) is 130 Å². The Labute approximate surface area is 211 Å². The second kappa shape index (κ2) is 7.87. The van der Waals surface area contributed by atoms with Crippen LogP contribution >= 0.6 is 0 Å². The minimum absolute atomic E-state index is 0. The van der Waals surface area contributed by atoms with Crippen LogP contribution in [-0.2, 0) is 26.2 Å². The molecule has 2 aliphatic carbocycles. The molecule has 0 unspecified atom stereocenters. The third-order valence-electron chi connectivity index (χ3n) is 6.23. The molecule has 0 atom stereocenters. The first-order valence-corrected chi connectivity index (χ1v) is 10.7. The first-order chi connectivity index (χ1) is 15.9. The molecule has 33 heavy (non-hydrogen) atoms. The molecule has 0 aromatic heterocycles. The Morgan fingerprint density at radius 2 is 0.909 bits per heavy atom. The molecule has 0 amide bonds. The molecule has 0 bridgehead atoms. The standard InChI is InChI=1S/2C15H8N.Zr/c2*1-2-6-11-10(5-1)9-13-12-7-3-4-8-14(12)16-15(11)13;/h2*1-4,6-9H;/q2*-1;+2. The quantitative estimate of drug-likeness (QED) is 0.236. The van der Waals surface area contributed by atoms with Crippen molar-refractivity contribution in [2.75, 3.05) is 0 Å². The minimum Gasteiger partial charge on any atom is -0.258 e. The van der Waals surface area contributed by atoms with Gasteiger partial charge in [-0.3, -0.25) is 9.98 Å². The fourth-order valence-corrected chi connectivity index (χ4v) is 4.76. The molecule has 3 heteroatoms. The monoisotopic (exact) mass is 494 g/mol. The van der Waals surface area contributed by atoms with E-state index in [4.69, 9.17) is 0 Å². The minimum atomic E-state index is 0. The van der Waals surface area contributed by atoms with Crippen molar-refractivity contribution in [1.29, 1.82) is 0 Å². The van der Waals surface area contributed by atoms with Crippen LogP contribution in [0.3, 0.4) is 0 Å². The molecular formula is C30H16N2Zr. The molecule has 2 nitrogen and oxygen atoms in total. The number of aliphatic imine (C=N–C) groups is 2. The van der Waals surface area contributed by atoms with E-state index in [1.54, 1.807) is 0 Å². The van der Waals surface area contributed by atoms with Crippen molar-refractivity contribution in [3.8, 4) is 0 Å². The van der Waals surface area contributed by atoms with Gasteiger partial charge in [0.2, 0.25) is 0 Å². The number of nitrogens with zero attached hydrogens (tertiary/aromatic N) is 2. The number of rotatable bonds is 0. The van der Waals surface area contributed by atoms with E-state index in [0.29, 0.717) is 0 Å². The van der Waals surface area contributed by atoms with Crippen molar-refractivity contribution in [1.82, 2.24) is 0 Å². The van der Waals surface area contributed by atoms with Gasteiger partial charge in [0.25, 0.3) is 0 Å². The topological polar surface area (TPSA) is 24.7 Å². The number of benzene rings is 4. The van der Waals surface area contributed by atoms with Gasteiger partial charge in [0.1, 0.15) is 0 Å². The summed E-state index contributed by atoms with van der Waals surface area (Å²) in [7, 11) is 0. The Morgan fingerprint density at radius 1 is 0.485 bits per heavy atom. The fourth-order valence-electron chi connectivity index (χ4n) is 4.76. The molecule has 0 N–H and O–H groups in total. The summed E-state index contributed by atoms with van der Waals surface area (Å²) in [6.07, 6.45) is 4.36. The van der Waals surface area contributed by atoms with Gasteiger partial charge < -0.3 is 0 Å². The molecule has 8 rings (SSSR count). The van der Waals surface area contributed by atoms with Crippen LogP contribution in [0.5, 0.6) is 0 Å². The number of hydrogen-bond donors (Lipinski definition) is 0. The largest absolute Gasteiger partial charge is 2.00 e. The van der Waals surface area contributed by atoms with E-state index in [1.165, 1.54) is 33.4 Å². The summed E-state index contributed by atoms with van der Waals surface area (Å²) in [5, 5.41) is 0. The van der Waals surface area contributed by atoms with Gasteiger partial charge in [-0.1, -0.05) is 47.5 Å². The summed E-state index contributed by atoms with van der Waals surface area (Å²) in [5.41, 5.74) is 14.1. The molecule has 4 aliphatic rings. The predicted octanol–water partition coefficient (Wildman–Crippen LogP) is 6.95. The van der Waals surface area contributed by atoms with Gasteiger partial charge in [-0.2, -0.15) is 0 Å². The second-order valence-corrected chi connectivity index (χ2v) is 8.07. The van der Waals surface area contributed by atoms with Gasteiger partial charge >= 0.3 is 26.2 Å². The summed E-state index contributed by atoms with van der Waals surface area (Å²) in [4.78, 5) is 9.37. The smallest absolute Gasteiger partial charge is 0.258 e. The van der Waals surface area contributed by atoms with Crippen LogP contribution in [0.15, 0.2) is 94.9 Å². The van der Waals surface area contributed by atoms with Crippen molar-refractivity contribution >= 4 is 46.1 Å². The van der Waals surface area contributed by atoms with E-state index in [1.807, 2.05) is 36.4 Å². The van der Waals surface area contributed by atoms with E-state index in [-0.39, 0.29) is 26.2 Å². The van der Waals surface area contributed by atoms with Crippen LogP contribution in [-0.4, -0.2) is 11.4 Å². The Bertz CT molecular complexity index is 1330. The van der Waals surface area contributed by atoms with Crippen LogP contribution in [0, 0.1) is 12.1 Å². The van der Waals surface area contributed by atoms with Gasteiger partial charge in [0.05, 0.1) is 11.4 Å². The van der Waals surface area contributed by atoms with Gasteiger partial charge in [-0.15, -0.1) is 71.8 Å². The van der Waals surface area contributed by atoms with Crippen molar-refractivity contribution in [3.63, 3.8) is 0 Å². The summed E-state index contributed by atoms with van der Waals surface area (Å²) >= 11 is 0. The van der Waals surface area contributed by atoms with Crippen LogP contribution in [0.2, 0.25) is 0 Å². The summed E-state index contributed by atoms with van der Waals surface area (Å²) in [6, 6.07) is 35.2. The third kappa shape index (κ3) is 3.11. The zero-order chi connectivity index (χ0) is 21.1. The Kier molecular flexibility index (Phi) is 4.82. The van der Waals surface area contributed by atoms with E-state index in [2.05, 4.69) is 82.8 Å². The normalized spacial score (nSPS) is 14.5. The first-order valence-electron chi connectivity index (χ1n) is 10.7. The Balaban J connectivity index is 0.000000121. The van der Waals surface area contributed by atoms with E-state index < -0.39 is 0 Å². The van der Waals surface area contributed by atoms with Gasteiger partial charge in [0, 0.05) is 11.4 Å². The molecule has 0 spiro atoms. The van der Waals surface area contributed by atoms with E-state index >= 15 is 0 Å². The van der Waals surface area contributed by atoms with Crippen LogP contribution in [0.25, 0.3) is 23.3 Å². The van der Waals surface area contributed by atoms with Crippen LogP contribution < -0.4 is 0 Å². The maximum absolute atomic E-state index is 4.68. The number of para-hydroxylation sites is 2. The van der Waals surface area contributed by atoms with Crippen LogP contribution in [0.4, 0.5) is 11.4 Å². The molecular weight excluding hydrogens is 480 g/mol. The molecule has 2 aliphatic heterocycles. The average molecular weight is 496 g/mol. The number of fused-ring (bicyclic) bond motifs is 10. The molecule has 4 aromatic rings. The molecule has 150 valence electrons. The molecule has 0 fully saturated rings. The third-order valence-corrected chi connectivity index (χ3v) is 6.23. The molecule has 4 aromatic carbocycles. The molecule has 2 heterocycles. The van der Waals surface area contributed by atoms with E-state index in [0.717, 1.165) is 33.9 Å². The van der Waals surface area contributed by atoms with Gasteiger partial charge in [0.15, 0.2) is 0 Å². The van der Waals surface area contributed by atoms with Gasteiger partial charge in [-0.25, -0.2) is 0 Å². The maximum Gasteiger partial charge on any atom is 2.00 e. The van der Waals surface area contributed by atoms with Gasteiger partial charge in [-0.05, 0) is 34.4 Å². The summed E-state index contributed by atoms with van der Waals surface area (Å²) < 4.78 is 0. The van der Waals surface area contributed by atoms with Crippen molar-refractivity contribution in [2.24, 2.45) is 9.98 Å². The average Bonchev–Trinajstić information content (AvgIpc) is 3.57. The van der Waals surface area contributed by atoms with Crippen LogP contribution in [0.1, 0.15) is 33.4 Å². The summed E-state index contributed by atoms with van der Waals surface area (Å²) in [5.74, 6) is 0. The van der Waals surface area contributed by atoms with E-state index in [9.17, 15) is 0 Å². The molecule has 0 saturated carbocycles. The second-order valence-electron chi connectivity index (χ2n) is 8.07. The SMILES string of the molecule is [Zr+2].[c-]1cccc2c1C=C1C2=Nc2ccccc21.[c-]1cccc2c1C=C1C2=Nc2ccccc21. The molecule has 0 saturated heterocycles. The van der Waals surface area contributed by atoms with Crippen molar-refractivity contribution in [2.45, 2.75) is 0 Å². The molecule has 0 radical (unpaired) electrons. The Morgan fingerprint density at radius 3 is 1.39 bits per heavy atom. The zero-order valence-corrected chi connectivity index (χ0v) is 20.1. The predicted molar refractivity (Wildman–Crippen MR) is 132 cm³/mol. The number of hydrogen-bond acceptors (Lipinski definition) is 2. The fraction of sp³-hybridized carbons (Fsp3) is 0. The maximum atomic E-state index is 4.68. The Hall–Kier alpha value is -3.42. The number of allylic oxidation sites excluding steroid dienone is 2. The zero-order valence-electron chi connectivity index (χ0n) is 17.6. The van der Waals surface area contributed by atoms with Crippen molar-refractivity contribution < 1.29 is 26.2 Å². The summed E-state index contributed by atoms with van der Waals surface area (Å²) in [6.45, 7) is 0.